The second-order valence-corrected chi connectivity index (χ2v) is 10.3. The molecule has 0 atom stereocenters. The Balaban J connectivity index is 1.42. The largest absolute Gasteiger partial charge is 0.323 e. The average Bonchev–Trinajstić information content (AvgIpc) is 3.58. The van der Waals surface area contributed by atoms with Crippen LogP contribution in [-0.4, -0.2) is 16.8 Å². The highest BCUT2D eigenvalue weighted by Crippen LogP contribution is 2.57. The van der Waals surface area contributed by atoms with Gasteiger partial charge in [0.05, 0.1) is 16.6 Å². The van der Waals surface area contributed by atoms with Crippen molar-refractivity contribution in [2.24, 2.45) is 4.99 Å². The summed E-state index contributed by atoms with van der Waals surface area (Å²) in [4.78, 5) is 4.64. The zero-order valence-electron chi connectivity index (χ0n) is 22.4. The smallest absolute Gasteiger partial charge is 0.0713 e. The van der Waals surface area contributed by atoms with Crippen LogP contribution in [0.25, 0.3) is 28.2 Å². The molecule has 0 unspecified atom stereocenters. The van der Waals surface area contributed by atoms with Crippen molar-refractivity contribution in [3.8, 4) is 11.1 Å². The molecule has 0 amide bonds. The molecule has 0 spiro atoms. The summed E-state index contributed by atoms with van der Waals surface area (Å²) < 4.78 is 2.21. The van der Waals surface area contributed by atoms with Crippen molar-refractivity contribution in [1.82, 2.24) is 4.57 Å². The minimum absolute atomic E-state index is 0.379. The van der Waals surface area contributed by atoms with E-state index in [2.05, 4.69) is 156 Å². The molecule has 2 nitrogen and oxygen atoms in total. The number of aliphatic imine (C=N–C) groups is 1. The van der Waals surface area contributed by atoms with Gasteiger partial charge in [-0.3, -0.25) is 4.99 Å². The van der Waals surface area contributed by atoms with Gasteiger partial charge in [0, 0.05) is 24.3 Å². The zero-order chi connectivity index (χ0) is 26.9. The molecule has 0 saturated carbocycles. The molecule has 0 N–H and O–H groups in total. The second kappa shape index (κ2) is 9.98. The Bertz CT molecular complexity index is 1810. The lowest BCUT2D eigenvalue weighted by molar-refractivity contribution is 0.769. The molecule has 1 aliphatic carbocycles. The minimum atomic E-state index is -0.379. The van der Waals surface area contributed by atoms with E-state index in [9.17, 15) is 0 Å². The highest BCUT2D eigenvalue weighted by molar-refractivity contribution is 6.11. The van der Waals surface area contributed by atoms with Gasteiger partial charge < -0.3 is 4.57 Å². The van der Waals surface area contributed by atoms with Crippen molar-refractivity contribution in [2.75, 3.05) is 6.54 Å². The van der Waals surface area contributed by atoms with Crippen molar-refractivity contribution < 1.29 is 0 Å². The topological polar surface area (TPSA) is 17.3 Å². The summed E-state index contributed by atoms with van der Waals surface area (Å²) in [5.41, 5.74) is 10.7. The van der Waals surface area contributed by atoms with Gasteiger partial charge >= 0.3 is 0 Å². The van der Waals surface area contributed by atoms with E-state index in [4.69, 9.17) is 0 Å². The van der Waals surface area contributed by atoms with Gasteiger partial charge in [-0.05, 0) is 69.7 Å². The molecule has 2 heterocycles. The quantitative estimate of drug-likeness (QED) is 0.197. The molecule has 1 aromatic heterocycles. The number of rotatable bonds is 6. The van der Waals surface area contributed by atoms with Crippen molar-refractivity contribution in [3.05, 3.63) is 174 Å². The maximum absolute atomic E-state index is 4.64. The molecular weight excluding hydrogens is 484 g/mol. The normalized spacial score (nSPS) is 15.7. The molecule has 0 saturated heterocycles. The molecule has 5 aromatic rings. The summed E-state index contributed by atoms with van der Waals surface area (Å²) in [7, 11) is 0. The third kappa shape index (κ3) is 3.68. The summed E-state index contributed by atoms with van der Waals surface area (Å²) in [6.45, 7) is 4.84. The van der Waals surface area contributed by atoms with Crippen molar-refractivity contribution in [1.29, 1.82) is 0 Å². The molecule has 192 valence electrons. The number of fused-ring (bicyclic) bond motifs is 5. The fraction of sp³-hybridized carbons (Fsp3) is 0.0789. The molecule has 0 radical (unpaired) electrons. The summed E-state index contributed by atoms with van der Waals surface area (Å²) in [6.07, 6.45) is 15.6. The first kappa shape index (κ1) is 24.1. The second-order valence-electron chi connectivity index (χ2n) is 10.3. The molecule has 1 aliphatic heterocycles. The van der Waals surface area contributed by atoms with Crippen LogP contribution in [0.3, 0.4) is 0 Å². The van der Waals surface area contributed by atoms with E-state index in [1.807, 2.05) is 6.08 Å². The lowest BCUT2D eigenvalue weighted by atomic mass is 9.67. The van der Waals surface area contributed by atoms with Crippen molar-refractivity contribution >= 4 is 22.8 Å². The maximum atomic E-state index is 4.64. The van der Waals surface area contributed by atoms with Crippen LogP contribution in [0.15, 0.2) is 157 Å². The Morgan fingerprint density at radius 1 is 0.800 bits per heavy atom. The van der Waals surface area contributed by atoms with E-state index >= 15 is 0 Å². The predicted octanol–water partition coefficient (Wildman–Crippen LogP) is 8.99. The number of hydrogen-bond donors (Lipinski definition) is 0. The monoisotopic (exact) mass is 514 g/mol. The fourth-order valence-corrected chi connectivity index (χ4v) is 6.50. The lowest BCUT2D eigenvalue weighted by Gasteiger charge is -2.33. The van der Waals surface area contributed by atoms with Crippen molar-refractivity contribution in [2.45, 2.75) is 11.8 Å². The van der Waals surface area contributed by atoms with Crippen LogP contribution in [0.5, 0.6) is 0 Å². The number of hydrogen-bond acceptors (Lipinski definition) is 1. The van der Waals surface area contributed by atoms with Gasteiger partial charge in [-0.2, -0.15) is 0 Å². The van der Waals surface area contributed by atoms with Crippen LogP contribution in [-0.2, 0) is 5.41 Å². The van der Waals surface area contributed by atoms with E-state index in [0.29, 0.717) is 0 Å². The third-order valence-corrected chi connectivity index (χ3v) is 8.21. The van der Waals surface area contributed by atoms with Gasteiger partial charge in [0.1, 0.15) is 0 Å². The van der Waals surface area contributed by atoms with Crippen molar-refractivity contribution in [3.63, 3.8) is 0 Å². The van der Waals surface area contributed by atoms with Crippen LogP contribution in [0.1, 0.15) is 28.7 Å². The van der Waals surface area contributed by atoms with Gasteiger partial charge in [0.25, 0.3) is 0 Å². The predicted molar refractivity (Wildman–Crippen MR) is 169 cm³/mol. The molecule has 40 heavy (non-hydrogen) atoms. The SMILES string of the molecule is C=CC(=CC=Cn1ccc2c3c(ccc21)C(c1ccccc1)(c1ccccc1)c1ccccc1-3)C1=NCCC=C1. The first-order valence-electron chi connectivity index (χ1n) is 13.9. The first-order chi connectivity index (χ1) is 19.8. The molecule has 0 fully saturated rings. The van der Waals surface area contributed by atoms with E-state index in [1.54, 1.807) is 0 Å². The lowest BCUT2D eigenvalue weighted by Crippen LogP contribution is -2.28. The fourth-order valence-electron chi connectivity index (χ4n) is 6.50. The van der Waals surface area contributed by atoms with E-state index in [-0.39, 0.29) is 5.41 Å². The number of aromatic nitrogens is 1. The average molecular weight is 515 g/mol. The van der Waals surface area contributed by atoms with E-state index in [0.717, 1.165) is 24.3 Å². The molecule has 4 aromatic carbocycles. The number of benzene rings is 4. The molecule has 2 aliphatic rings. The highest BCUT2D eigenvalue weighted by Gasteiger charge is 2.46. The van der Waals surface area contributed by atoms with Crippen LogP contribution < -0.4 is 0 Å². The van der Waals surface area contributed by atoms with Gasteiger partial charge in [0.15, 0.2) is 0 Å². The van der Waals surface area contributed by atoms with E-state index < -0.39 is 0 Å². The molecule has 7 rings (SSSR count). The summed E-state index contributed by atoms with van der Waals surface area (Å²) in [5, 5.41) is 1.26. The Morgan fingerprint density at radius 3 is 2.23 bits per heavy atom. The maximum Gasteiger partial charge on any atom is 0.0713 e. The minimum Gasteiger partial charge on any atom is -0.323 e. The number of nitrogens with zero attached hydrogens (tertiary/aromatic N) is 2. The van der Waals surface area contributed by atoms with Crippen LogP contribution >= 0.6 is 0 Å². The Morgan fingerprint density at radius 2 is 1.52 bits per heavy atom. The standard InChI is InChI=1S/C38H30N2/c1-2-28(35-21-11-12-25-39-35)14-13-26-40-27-24-32-36(40)23-22-34-37(32)31-19-9-10-20-33(31)38(34,29-15-5-3-6-16-29)30-17-7-4-8-18-30/h2-11,13-24,26-27H,1,12,25H2. The Labute approximate surface area is 235 Å². The molecular formula is C38H30N2. The van der Waals surface area contributed by atoms with Gasteiger partial charge in [-0.1, -0.05) is 116 Å². The Hall–Kier alpha value is -4.95. The zero-order valence-corrected chi connectivity index (χ0v) is 22.4. The van der Waals surface area contributed by atoms with Crippen LogP contribution in [0.2, 0.25) is 0 Å². The highest BCUT2D eigenvalue weighted by atomic mass is 14.9. The van der Waals surface area contributed by atoms with Crippen LogP contribution in [0.4, 0.5) is 0 Å². The number of allylic oxidation sites excluding steroid dienone is 5. The summed E-state index contributed by atoms with van der Waals surface area (Å²) in [6, 6.07) is 37.7. The number of dihydropyridines is 1. The van der Waals surface area contributed by atoms with E-state index in [1.165, 1.54) is 44.3 Å². The molecule has 0 bridgehead atoms. The van der Waals surface area contributed by atoms with Crippen LogP contribution in [0, 0.1) is 0 Å². The van der Waals surface area contributed by atoms with Gasteiger partial charge in [-0.15, -0.1) is 0 Å². The van der Waals surface area contributed by atoms with Gasteiger partial charge in [-0.25, -0.2) is 0 Å². The summed E-state index contributed by atoms with van der Waals surface area (Å²) >= 11 is 0. The Kier molecular flexibility index (Phi) is 6.02. The summed E-state index contributed by atoms with van der Waals surface area (Å²) in [5.74, 6) is 0. The third-order valence-electron chi connectivity index (χ3n) is 8.21. The van der Waals surface area contributed by atoms with Gasteiger partial charge in [0.2, 0.25) is 0 Å². The first-order valence-corrected chi connectivity index (χ1v) is 13.9. The molecule has 2 heteroatoms.